The summed E-state index contributed by atoms with van der Waals surface area (Å²) in [5, 5.41) is 2.33. The van der Waals surface area contributed by atoms with Crippen molar-refractivity contribution < 1.29 is 18.8 Å². The van der Waals surface area contributed by atoms with Crippen molar-refractivity contribution >= 4 is 63.0 Å². The molecule has 0 bridgehead atoms. The smallest absolute Gasteiger partial charge is 0.276 e. The van der Waals surface area contributed by atoms with Crippen LogP contribution in [-0.2, 0) is 9.59 Å². The lowest BCUT2D eigenvalue weighted by molar-refractivity contribution is -0.131. The highest BCUT2D eigenvalue weighted by atomic mass is 79.9. The van der Waals surface area contributed by atoms with E-state index in [1.165, 1.54) is 18.2 Å². The second-order valence-corrected chi connectivity index (χ2v) is 6.59. The summed E-state index contributed by atoms with van der Waals surface area (Å²) in [5.41, 5.74) is 0.0902. The summed E-state index contributed by atoms with van der Waals surface area (Å²) in [6.07, 6.45) is 1.08. The largest absolute Gasteiger partial charge is 0.335 e. The van der Waals surface area contributed by atoms with E-state index in [1.807, 2.05) is 5.32 Å². The topological polar surface area (TPSA) is 78.8 Å². The predicted molar refractivity (Wildman–Crippen MR) is 98.2 cm³/mol. The molecule has 26 heavy (non-hydrogen) atoms. The number of carbonyl (C=O) groups is 3. The molecule has 6 nitrogen and oxygen atoms in total. The minimum atomic E-state index is -1.40. The average molecular weight is 439 g/mol. The monoisotopic (exact) mass is 437 g/mol. The summed E-state index contributed by atoms with van der Waals surface area (Å²) < 4.78 is 14.7. The van der Waals surface area contributed by atoms with Gasteiger partial charge in [0.05, 0.1) is 16.4 Å². The Morgan fingerprint density at radius 1 is 1.19 bits per heavy atom. The minimum Gasteiger partial charge on any atom is -0.276 e. The van der Waals surface area contributed by atoms with Crippen molar-refractivity contribution in [2.45, 2.75) is 0 Å². The standard InChI is InChI=1S/C17H10BrClFN3O3/c18-9-5-6-13(11(19)7-9)21-8-10-15(24)22-17(26)23(16(10)25)14-4-2-1-3-12(14)20/h1-8,10H,(H,22,24,26)/t10-/m0/s1. The molecule has 3 rings (SSSR count). The van der Waals surface area contributed by atoms with E-state index >= 15 is 0 Å². The SMILES string of the molecule is O=C1NC(=O)N(c2ccccc2F)C(=O)[C@H]1C=Nc1ccc(Br)cc1Cl. The fraction of sp³-hybridized carbons (Fsp3) is 0.0588. The molecule has 0 aromatic heterocycles. The number of hydrogen-bond acceptors (Lipinski definition) is 4. The summed E-state index contributed by atoms with van der Waals surface area (Å²) in [4.78, 5) is 41.3. The van der Waals surface area contributed by atoms with Crippen molar-refractivity contribution in [1.29, 1.82) is 0 Å². The van der Waals surface area contributed by atoms with Gasteiger partial charge in [0.15, 0.2) is 5.92 Å². The molecule has 2 aromatic rings. The van der Waals surface area contributed by atoms with Crippen LogP contribution in [0.2, 0.25) is 5.02 Å². The molecule has 1 atom stereocenters. The van der Waals surface area contributed by atoms with Gasteiger partial charge in [-0.25, -0.2) is 14.1 Å². The number of halogens is 3. The molecule has 0 spiro atoms. The van der Waals surface area contributed by atoms with E-state index in [9.17, 15) is 18.8 Å². The number of urea groups is 1. The van der Waals surface area contributed by atoms with Gasteiger partial charge >= 0.3 is 6.03 Å². The maximum Gasteiger partial charge on any atom is 0.335 e. The zero-order chi connectivity index (χ0) is 18.8. The Hall–Kier alpha value is -2.58. The van der Waals surface area contributed by atoms with Crippen LogP contribution in [0.4, 0.5) is 20.6 Å². The van der Waals surface area contributed by atoms with Gasteiger partial charge in [0.1, 0.15) is 5.82 Å². The van der Waals surface area contributed by atoms with Crippen LogP contribution in [0, 0.1) is 11.7 Å². The van der Waals surface area contributed by atoms with Crippen LogP contribution in [-0.4, -0.2) is 24.1 Å². The Kier molecular flexibility index (Phi) is 5.15. The van der Waals surface area contributed by atoms with Gasteiger partial charge in [-0.2, -0.15) is 0 Å². The summed E-state index contributed by atoms with van der Waals surface area (Å²) in [7, 11) is 0. The van der Waals surface area contributed by atoms with Crippen LogP contribution in [0.1, 0.15) is 0 Å². The molecular formula is C17H10BrClFN3O3. The molecule has 0 unspecified atom stereocenters. The van der Waals surface area contributed by atoms with Crippen LogP contribution in [0.15, 0.2) is 51.9 Å². The first-order valence-corrected chi connectivity index (χ1v) is 8.48. The highest BCUT2D eigenvalue weighted by Gasteiger charge is 2.41. The van der Waals surface area contributed by atoms with Crippen molar-refractivity contribution in [3.63, 3.8) is 0 Å². The maximum atomic E-state index is 14.0. The highest BCUT2D eigenvalue weighted by Crippen LogP contribution is 2.28. The normalized spacial score (nSPS) is 17.7. The van der Waals surface area contributed by atoms with Crippen LogP contribution in [0.3, 0.4) is 0 Å². The first-order valence-electron chi connectivity index (χ1n) is 7.31. The predicted octanol–water partition coefficient (Wildman–Crippen LogP) is 3.84. The number of nitrogens with zero attached hydrogens (tertiary/aromatic N) is 2. The number of carbonyl (C=O) groups excluding carboxylic acids is 3. The maximum absolute atomic E-state index is 14.0. The van der Waals surface area contributed by atoms with E-state index in [0.717, 1.165) is 16.8 Å². The third-order valence-corrected chi connectivity index (χ3v) is 4.36. The second kappa shape index (κ2) is 7.35. The van der Waals surface area contributed by atoms with Gasteiger partial charge < -0.3 is 0 Å². The van der Waals surface area contributed by atoms with Gasteiger partial charge in [0.25, 0.3) is 5.91 Å². The van der Waals surface area contributed by atoms with Crippen LogP contribution < -0.4 is 10.2 Å². The molecule has 1 fully saturated rings. The number of imide groups is 2. The Morgan fingerprint density at radius 2 is 1.92 bits per heavy atom. The van der Waals surface area contributed by atoms with Crippen molar-refractivity contribution in [2.24, 2.45) is 10.9 Å². The lowest BCUT2D eigenvalue weighted by Gasteiger charge is -2.28. The Labute approximate surface area is 160 Å². The van der Waals surface area contributed by atoms with E-state index in [4.69, 9.17) is 11.6 Å². The Bertz CT molecular complexity index is 951. The molecule has 1 aliphatic rings. The molecule has 1 saturated heterocycles. The lowest BCUT2D eigenvalue weighted by atomic mass is 10.1. The first-order chi connectivity index (χ1) is 12.4. The zero-order valence-corrected chi connectivity index (χ0v) is 15.3. The second-order valence-electron chi connectivity index (χ2n) is 5.27. The van der Waals surface area contributed by atoms with E-state index in [0.29, 0.717) is 15.6 Å². The van der Waals surface area contributed by atoms with E-state index in [2.05, 4.69) is 20.9 Å². The van der Waals surface area contributed by atoms with Gasteiger partial charge in [-0.1, -0.05) is 39.7 Å². The third-order valence-electron chi connectivity index (χ3n) is 3.57. The number of hydrogen-bond donors (Lipinski definition) is 1. The molecule has 132 valence electrons. The number of rotatable bonds is 3. The molecule has 0 aliphatic carbocycles. The van der Waals surface area contributed by atoms with Gasteiger partial charge in [-0.05, 0) is 30.3 Å². The summed E-state index contributed by atoms with van der Waals surface area (Å²) >= 11 is 9.30. The number of nitrogens with one attached hydrogen (secondary N) is 1. The van der Waals surface area contributed by atoms with Crippen LogP contribution in [0.25, 0.3) is 0 Å². The number of aliphatic imine (C=N–C) groups is 1. The molecule has 1 N–H and O–H groups in total. The Morgan fingerprint density at radius 3 is 2.62 bits per heavy atom. The molecule has 4 amide bonds. The van der Waals surface area contributed by atoms with Crippen LogP contribution >= 0.6 is 27.5 Å². The van der Waals surface area contributed by atoms with E-state index < -0.39 is 29.6 Å². The summed E-state index contributed by atoms with van der Waals surface area (Å²) in [5.74, 6) is -3.91. The van der Waals surface area contributed by atoms with Crippen molar-refractivity contribution in [3.8, 4) is 0 Å². The molecule has 1 heterocycles. The fourth-order valence-electron chi connectivity index (χ4n) is 2.32. The van der Waals surface area contributed by atoms with Gasteiger partial charge in [0, 0.05) is 10.7 Å². The molecule has 1 aliphatic heterocycles. The number of anilines is 1. The van der Waals surface area contributed by atoms with Gasteiger partial charge in [-0.15, -0.1) is 0 Å². The first kappa shape index (κ1) is 18.2. The molecular weight excluding hydrogens is 429 g/mol. The lowest BCUT2D eigenvalue weighted by Crippen LogP contribution is -2.58. The van der Waals surface area contributed by atoms with Crippen molar-refractivity contribution in [2.75, 3.05) is 4.90 Å². The quantitative estimate of drug-likeness (QED) is 0.584. The number of barbiturate groups is 1. The fourth-order valence-corrected chi connectivity index (χ4v) is 3.05. The summed E-state index contributed by atoms with van der Waals surface area (Å²) in [6, 6.07) is 9.14. The molecule has 2 aromatic carbocycles. The summed E-state index contributed by atoms with van der Waals surface area (Å²) in [6.45, 7) is 0. The molecule has 0 saturated carbocycles. The number of amides is 4. The minimum absolute atomic E-state index is 0.248. The number of para-hydroxylation sites is 1. The van der Waals surface area contributed by atoms with E-state index in [1.54, 1.807) is 18.2 Å². The molecule has 9 heteroatoms. The average Bonchev–Trinajstić information content (AvgIpc) is 2.57. The molecule has 0 radical (unpaired) electrons. The van der Waals surface area contributed by atoms with Crippen LogP contribution in [0.5, 0.6) is 0 Å². The number of benzene rings is 2. The van der Waals surface area contributed by atoms with Gasteiger partial charge in [-0.3, -0.25) is 19.9 Å². The van der Waals surface area contributed by atoms with E-state index in [-0.39, 0.29) is 5.69 Å². The highest BCUT2D eigenvalue weighted by molar-refractivity contribution is 9.10. The van der Waals surface area contributed by atoms with Gasteiger partial charge in [0.2, 0.25) is 5.91 Å². The Balaban J connectivity index is 1.93. The third kappa shape index (κ3) is 3.51. The van der Waals surface area contributed by atoms with Crippen molar-refractivity contribution in [1.82, 2.24) is 5.32 Å². The van der Waals surface area contributed by atoms with Crippen molar-refractivity contribution in [3.05, 3.63) is 57.8 Å². The zero-order valence-electron chi connectivity index (χ0n) is 12.9.